The van der Waals surface area contributed by atoms with Crippen molar-refractivity contribution in [2.24, 2.45) is 0 Å². The first-order chi connectivity index (χ1) is 6.77. The molecule has 0 spiro atoms. The highest BCUT2D eigenvalue weighted by molar-refractivity contribution is 6.30. The van der Waals surface area contributed by atoms with Crippen molar-refractivity contribution in [3.05, 3.63) is 28.8 Å². The Hall–Kier alpha value is -0.440. The summed E-state index contributed by atoms with van der Waals surface area (Å²) in [6.07, 6.45) is 3.51. The van der Waals surface area contributed by atoms with Gasteiger partial charge in [-0.05, 0) is 37.6 Å². The monoisotopic (exact) mass is 247 g/mol. The van der Waals surface area contributed by atoms with Gasteiger partial charge in [0.1, 0.15) is 5.75 Å². The zero-order chi connectivity index (χ0) is 9.97. The highest BCUT2D eigenvalue weighted by Crippen LogP contribution is 2.31. The topological polar surface area (TPSA) is 32.3 Å². The molecule has 2 nitrogen and oxygen atoms in total. The molecule has 1 saturated heterocycles. The third kappa shape index (κ3) is 3.00. The Bertz CT molecular complexity index is 324. The van der Waals surface area contributed by atoms with E-state index >= 15 is 0 Å². The quantitative estimate of drug-likeness (QED) is 0.799. The summed E-state index contributed by atoms with van der Waals surface area (Å²) in [6, 6.07) is 5.49. The average Bonchev–Trinajstić information content (AvgIpc) is 2.23. The maximum Gasteiger partial charge on any atom is 0.120 e. The van der Waals surface area contributed by atoms with Gasteiger partial charge >= 0.3 is 0 Å². The van der Waals surface area contributed by atoms with Crippen LogP contribution in [0.5, 0.6) is 5.75 Å². The summed E-state index contributed by atoms with van der Waals surface area (Å²) < 4.78 is 0. The molecule has 1 aliphatic heterocycles. The second-order valence-corrected chi connectivity index (χ2v) is 4.14. The molecule has 2 rings (SSSR count). The Labute approximate surface area is 101 Å². The van der Waals surface area contributed by atoms with Crippen LogP contribution in [0.15, 0.2) is 18.2 Å². The molecule has 0 radical (unpaired) electrons. The molecule has 1 atom stereocenters. The molecule has 1 heterocycles. The molecule has 4 heteroatoms. The number of piperidine rings is 1. The van der Waals surface area contributed by atoms with Crippen molar-refractivity contribution < 1.29 is 5.11 Å². The van der Waals surface area contributed by atoms with E-state index in [4.69, 9.17) is 11.6 Å². The third-order valence-electron chi connectivity index (χ3n) is 2.68. The fraction of sp³-hybridized carbons (Fsp3) is 0.455. The van der Waals surface area contributed by atoms with Crippen LogP contribution >= 0.6 is 24.0 Å². The van der Waals surface area contributed by atoms with Gasteiger partial charge in [0, 0.05) is 16.6 Å². The van der Waals surface area contributed by atoms with Gasteiger partial charge in [-0.1, -0.05) is 18.0 Å². The molecule has 15 heavy (non-hydrogen) atoms. The molecule has 1 aliphatic rings. The summed E-state index contributed by atoms with van der Waals surface area (Å²) in [5.74, 6) is 0.341. The Morgan fingerprint density at radius 1 is 1.33 bits per heavy atom. The second-order valence-electron chi connectivity index (χ2n) is 3.71. The van der Waals surface area contributed by atoms with E-state index in [0.717, 1.165) is 18.5 Å². The SMILES string of the molecule is Cl.Oc1ccc(Cl)cc1[C@H]1CCCCN1. The fourth-order valence-corrected chi connectivity index (χ4v) is 2.10. The van der Waals surface area contributed by atoms with Crippen molar-refractivity contribution in [2.45, 2.75) is 25.3 Å². The van der Waals surface area contributed by atoms with Crippen LogP contribution in [0.25, 0.3) is 0 Å². The molecule has 1 aromatic rings. The van der Waals surface area contributed by atoms with E-state index < -0.39 is 0 Å². The largest absolute Gasteiger partial charge is 0.508 e. The minimum Gasteiger partial charge on any atom is -0.508 e. The number of phenolic OH excluding ortho intramolecular Hbond substituents is 1. The Morgan fingerprint density at radius 2 is 2.13 bits per heavy atom. The van der Waals surface area contributed by atoms with E-state index in [0.29, 0.717) is 10.8 Å². The summed E-state index contributed by atoms with van der Waals surface area (Å²) in [4.78, 5) is 0. The highest BCUT2D eigenvalue weighted by atomic mass is 35.5. The van der Waals surface area contributed by atoms with Gasteiger partial charge in [0.2, 0.25) is 0 Å². The fourth-order valence-electron chi connectivity index (χ4n) is 1.92. The van der Waals surface area contributed by atoms with Crippen molar-refractivity contribution in [1.29, 1.82) is 0 Å². The number of hydrogen-bond donors (Lipinski definition) is 2. The van der Waals surface area contributed by atoms with E-state index in [2.05, 4.69) is 5.32 Å². The third-order valence-corrected chi connectivity index (χ3v) is 2.91. The second kappa shape index (κ2) is 5.59. The van der Waals surface area contributed by atoms with Crippen LogP contribution in [0.4, 0.5) is 0 Å². The number of rotatable bonds is 1. The number of hydrogen-bond acceptors (Lipinski definition) is 2. The smallest absolute Gasteiger partial charge is 0.120 e. The summed E-state index contributed by atoms with van der Waals surface area (Å²) in [6.45, 7) is 1.02. The standard InChI is InChI=1S/C11H14ClNO.ClH/c12-8-4-5-11(14)9(7-8)10-3-1-2-6-13-10;/h4-5,7,10,13-14H,1-3,6H2;1H/t10-;/m1./s1. The number of phenols is 1. The number of halogens is 2. The molecule has 2 N–H and O–H groups in total. The molecule has 0 unspecified atom stereocenters. The minimum absolute atomic E-state index is 0. The van der Waals surface area contributed by atoms with Crippen LogP contribution in [-0.4, -0.2) is 11.7 Å². The predicted molar refractivity (Wildman–Crippen MR) is 65.0 cm³/mol. The van der Waals surface area contributed by atoms with Crippen molar-refractivity contribution in [1.82, 2.24) is 5.32 Å². The maximum absolute atomic E-state index is 9.69. The normalized spacial score (nSPS) is 20.7. The average molecular weight is 248 g/mol. The predicted octanol–water partition coefficient (Wildman–Crippen LogP) is 3.28. The van der Waals surface area contributed by atoms with E-state index in [1.54, 1.807) is 12.1 Å². The van der Waals surface area contributed by atoms with Crippen LogP contribution in [0, 0.1) is 0 Å². The summed E-state index contributed by atoms with van der Waals surface area (Å²) in [5, 5.41) is 13.8. The first-order valence-electron chi connectivity index (χ1n) is 4.99. The Balaban J connectivity index is 0.00000112. The van der Waals surface area contributed by atoms with Gasteiger partial charge in [0.25, 0.3) is 0 Å². The molecule has 0 amide bonds. The van der Waals surface area contributed by atoms with E-state index in [9.17, 15) is 5.11 Å². The van der Waals surface area contributed by atoms with Gasteiger partial charge in [-0.3, -0.25) is 0 Å². The molecule has 1 aromatic carbocycles. The first-order valence-corrected chi connectivity index (χ1v) is 5.37. The minimum atomic E-state index is 0. The molecule has 0 bridgehead atoms. The number of nitrogens with one attached hydrogen (secondary N) is 1. The first kappa shape index (κ1) is 12.6. The van der Waals surface area contributed by atoms with Gasteiger partial charge in [-0.2, -0.15) is 0 Å². The summed E-state index contributed by atoms with van der Waals surface area (Å²) in [5.41, 5.74) is 0.928. The zero-order valence-corrected chi connectivity index (χ0v) is 9.94. The maximum atomic E-state index is 9.69. The molecule has 1 fully saturated rings. The molecule has 0 aliphatic carbocycles. The Morgan fingerprint density at radius 3 is 2.80 bits per heavy atom. The molecule has 0 aromatic heterocycles. The lowest BCUT2D eigenvalue weighted by molar-refractivity contribution is 0.391. The zero-order valence-electron chi connectivity index (χ0n) is 8.37. The van der Waals surface area contributed by atoms with Gasteiger partial charge in [-0.25, -0.2) is 0 Å². The van der Waals surface area contributed by atoms with Crippen LogP contribution in [0.2, 0.25) is 5.02 Å². The summed E-state index contributed by atoms with van der Waals surface area (Å²) in [7, 11) is 0. The van der Waals surface area contributed by atoms with E-state index in [1.165, 1.54) is 12.8 Å². The Kier molecular flexibility index (Phi) is 4.71. The number of benzene rings is 1. The highest BCUT2D eigenvalue weighted by Gasteiger charge is 2.17. The van der Waals surface area contributed by atoms with Gasteiger partial charge in [-0.15, -0.1) is 12.4 Å². The van der Waals surface area contributed by atoms with Gasteiger partial charge in [0.15, 0.2) is 0 Å². The molecule has 84 valence electrons. The van der Waals surface area contributed by atoms with Crippen LogP contribution in [-0.2, 0) is 0 Å². The lowest BCUT2D eigenvalue weighted by atomic mass is 9.97. The van der Waals surface area contributed by atoms with Crippen LogP contribution in [0.3, 0.4) is 0 Å². The number of aromatic hydroxyl groups is 1. The molecule has 0 saturated carbocycles. The summed E-state index contributed by atoms with van der Waals surface area (Å²) >= 11 is 5.90. The van der Waals surface area contributed by atoms with E-state index in [1.807, 2.05) is 6.07 Å². The van der Waals surface area contributed by atoms with Gasteiger partial charge in [0.05, 0.1) is 0 Å². The van der Waals surface area contributed by atoms with Crippen molar-refractivity contribution >= 4 is 24.0 Å². The van der Waals surface area contributed by atoms with Crippen molar-refractivity contribution in [2.75, 3.05) is 6.54 Å². The molecular formula is C11H15Cl2NO. The molecular weight excluding hydrogens is 233 g/mol. The van der Waals surface area contributed by atoms with Crippen LogP contribution in [0.1, 0.15) is 30.9 Å². The van der Waals surface area contributed by atoms with Crippen molar-refractivity contribution in [3.63, 3.8) is 0 Å². The lowest BCUT2D eigenvalue weighted by Crippen LogP contribution is -2.26. The lowest BCUT2D eigenvalue weighted by Gasteiger charge is -2.24. The van der Waals surface area contributed by atoms with Crippen LogP contribution < -0.4 is 5.32 Å². The van der Waals surface area contributed by atoms with Gasteiger partial charge < -0.3 is 10.4 Å². The van der Waals surface area contributed by atoms with E-state index in [-0.39, 0.29) is 18.4 Å². The van der Waals surface area contributed by atoms with Crippen molar-refractivity contribution in [3.8, 4) is 5.75 Å².